The molecule has 0 aliphatic heterocycles. The predicted molar refractivity (Wildman–Crippen MR) is 51.5 cm³/mol. The maximum absolute atomic E-state index is 11.0. The zero-order valence-corrected chi connectivity index (χ0v) is 8.03. The minimum Gasteiger partial charge on any atom is -0.496 e. The van der Waals surface area contributed by atoms with Crippen LogP contribution in [0, 0.1) is 0 Å². The highest BCUT2D eigenvalue weighted by molar-refractivity contribution is 5.99. The molecule has 1 aromatic carbocycles. The van der Waals surface area contributed by atoms with Crippen molar-refractivity contribution in [3.8, 4) is 5.75 Å². The molecule has 0 saturated heterocycles. The molecule has 0 heterocycles. The molecule has 0 unspecified atom stereocenters. The summed E-state index contributed by atoms with van der Waals surface area (Å²) in [7, 11) is 1.42. The van der Waals surface area contributed by atoms with Gasteiger partial charge < -0.3 is 10.5 Å². The van der Waals surface area contributed by atoms with Crippen LogP contribution >= 0.6 is 0 Å². The van der Waals surface area contributed by atoms with Crippen LogP contribution in [0.25, 0.3) is 0 Å². The standard InChI is InChI=1S/C10H11NO3/c1-6(12)7-3-4-8(10(11)13)9(5-7)14-2/h3-5H,1-2H3,(H2,11,13). The first-order chi connectivity index (χ1) is 6.56. The van der Waals surface area contributed by atoms with Gasteiger partial charge in [-0.05, 0) is 19.1 Å². The second kappa shape index (κ2) is 3.91. The van der Waals surface area contributed by atoms with E-state index >= 15 is 0 Å². The summed E-state index contributed by atoms with van der Waals surface area (Å²) in [6.45, 7) is 1.44. The monoisotopic (exact) mass is 193 g/mol. The molecule has 14 heavy (non-hydrogen) atoms. The number of Topliss-reactive ketones (excluding diaryl/α,β-unsaturated/α-hetero) is 1. The molecule has 1 aromatic rings. The number of ketones is 1. The van der Waals surface area contributed by atoms with Gasteiger partial charge >= 0.3 is 0 Å². The minimum atomic E-state index is -0.572. The fraction of sp³-hybridized carbons (Fsp3) is 0.200. The number of rotatable bonds is 3. The number of hydrogen-bond acceptors (Lipinski definition) is 3. The first kappa shape index (κ1) is 10.2. The van der Waals surface area contributed by atoms with Gasteiger partial charge in [-0.15, -0.1) is 0 Å². The van der Waals surface area contributed by atoms with Crippen LogP contribution in [0.15, 0.2) is 18.2 Å². The molecule has 74 valence electrons. The Balaban J connectivity index is 3.25. The van der Waals surface area contributed by atoms with Crippen molar-refractivity contribution in [2.75, 3.05) is 7.11 Å². The molecule has 1 rings (SSSR count). The van der Waals surface area contributed by atoms with Gasteiger partial charge in [0.2, 0.25) is 0 Å². The summed E-state index contributed by atoms with van der Waals surface area (Å²) >= 11 is 0. The summed E-state index contributed by atoms with van der Waals surface area (Å²) in [5, 5.41) is 0. The lowest BCUT2D eigenvalue weighted by molar-refractivity contribution is 0.0990. The Kier molecular flexibility index (Phi) is 2.86. The molecule has 0 bridgehead atoms. The summed E-state index contributed by atoms with van der Waals surface area (Å²) in [5.74, 6) is -0.332. The first-order valence-electron chi connectivity index (χ1n) is 4.05. The topological polar surface area (TPSA) is 69.4 Å². The molecule has 0 aliphatic carbocycles. The SMILES string of the molecule is COc1cc(C(C)=O)ccc1C(N)=O. The van der Waals surface area contributed by atoms with Gasteiger partial charge in [-0.2, -0.15) is 0 Å². The molecule has 0 fully saturated rings. The van der Waals surface area contributed by atoms with Crippen LogP contribution in [0.3, 0.4) is 0 Å². The minimum absolute atomic E-state index is 0.0840. The highest BCUT2D eigenvalue weighted by Crippen LogP contribution is 2.19. The molecule has 0 atom stereocenters. The van der Waals surface area contributed by atoms with Gasteiger partial charge in [-0.3, -0.25) is 9.59 Å². The average molecular weight is 193 g/mol. The maximum atomic E-state index is 11.0. The molecule has 0 aliphatic rings. The quantitative estimate of drug-likeness (QED) is 0.728. The van der Waals surface area contributed by atoms with E-state index in [-0.39, 0.29) is 11.3 Å². The molecule has 0 spiro atoms. The van der Waals surface area contributed by atoms with Crippen LogP contribution in [0.5, 0.6) is 5.75 Å². The Morgan fingerprint density at radius 2 is 2.00 bits per heavy atom. The van der Waals surface area contributed by atoms with E-state index < -0.39 is 5.91 Å². The fourth-order valence-corrected chi connectivity index (χ4v) is 1.11. The lowest BCUT2D eigenvalue weighted by Gasteiger charge is -2.06. The van der Waals surface area contributed by atoms with Gasteiger partial charge in [0.15, 0.2) is 5.78 Å². The van der Waals surface area contributed by atoms with Crippen molar-refractivity contribution in [3.05, 3.63) is 29.3 Å². The van der Waals surface area contributed by atoms with Gasteiger partial charge in [0.1, 0.15) is 5.75 Å². The van der Waals surface area contributed by atoms with E-state index in [9.17, 15) is 9.59 Å². The highest BCUT2D eigenvalue weighted by atomic mass is 16.5. The molecule has 0 radical (unpaired) electrons. The Morgan fingerprint density at radius 3 is 2.43 bits per heavy atom. The van der Waals surface area contributed by atoms with Crippen LogP contribution in [-0.2, 0) is 0 Å². The Hall–Kier alpha value is -1.84. The second-order valence-electron chi connectivity index (χ2n) is 2.84. The van der Waals surface area contributed by atoms with Crippen molar-refractivity contribution in [1.29, 1.82) is 0 Å². The fourth-order valence-electron chi connectivity index (χ4n) is 1.11. The zero-order valence-electron chi connectivity index (χ0n) is 8.03. The normalized spacial score (nSPS) is 9.57. The van der Waals surface area contributed by atoms with Gasteiger partial charge in [-0.1, -0.05) is 6.07 Å². The predicted octanol–water partition coefficient (Wildman–Crippen LogP) is 0.997. The van der Waals surface area contributed by atoms with Crippen LogP contribution < -0.4 is 10.5 Å². The number of hydrogen-bond donors (Lipinski definition) is 1. The Labute approximate surface area is 81.7 Å². The molecular weight excluding hydrogens is 182 g/mol. The van der Waals surface area contributed by atoms with Crippen molar-refractivity contribution < 1.29 is 14.3 Å². The molecule has 1 amide bonds. The highest BCUT2D eigenvalue weighted by Gasteiger charge is 2.10. The summed E-state index contributed by atoms with van der Waals surface area (Å²) in [6.07, 6.45) is 0. The third kappa shape index (κ3) is 1.90. The number of nitrogens with two attached hydrogens (primary N) is 1. The number of carbonyl (C=O) groups excluding carboxylic acids is 2. The molecule has 4 nitrogen and oxygen atoms in total. The van der Waals surface area contributed by atoms with Gasteiger partial charge in [0.05, 0.1) is 12.7 Å². The number of benzene rings is 1. The first-order valence-corrected chi connectivity index (χ1v) is 4.05. The van der Waals surface area contributed by atoms with Crippen LogP contribution in [0.2, 0.25) is 0 Å². The second-order valence-corrected chi connectivity index (χ2v) is 2.84. The zero-order chi connectivity index (χ0) is 10.7. The summed E-state index contributed by atoms with van der Waals surface area (Å²) in [4.78, 5) is 21.9. The smallest absolute Gasteiger partial charge is 0.252 e. The maximum Gasteiger partial charge on any atom is 0.252 e. The van der Waals surface area contributed by atoms with E-state index in [2.05, 4.69) is 0 Å². The summed E-state index contributed by atoms with van der Waals surface area (Å²) in [5.41, 5.74) is 5.88. The summed E-state index contributed by atoms with van der Waals surface area (Å²) in [6, 6.07) is 4.53. The average Bonchev–Trinajstić information content (AvgIpc) is 2.16. The molecule has 0 saturated carbocycles. The Bertz CT molecular complexity index is 385. The van der Waals surface area contributed by atoms with Crippen molar-refractivity contribution in [3.63, 3.8) is 0 Å². The molecule has 2 N–H and O–H groups in total. The van der Waals surface area contributed by atoms with Gasteiger partial charge in [-0.25, -0.2) is 0 Å². The Morgan fingerprint density at radius 1 is 1.36 bits per heavy atom. The van der Waals surface area contributed by atoms with Crippen molar-refractivity contribution in [2.45, 2.75) is 6.92 Å². The van der Waals surface area contributed by atoms with Crippen LogP contribution in [0.4, 0.5) is 0 Å². The third-order valence-electron chi connectivity index (χ3n) is 1.87. The number of ether oxygens (including phenoxy) is 1. The van der Waals surface area contributed by atoms with Crippen molar-refractivity contribution in [2.24, 2.45) is 5.73 Å². The molecule has 0 aromatic heterocycles. The van der Waals surface area contributed by atoms with Crippen molar-refractivity contribution >= 4 is 11.7 Å². The van der Waals surface area contributed by atoms with Gasteiger partial charge in [0.25, 0.3) is 5.91 Å². The summed E-state index contributed by atoms with van der Waals surface area (Å²) < 4.78 is 4.94. The van der Waals surface area contributed by atoms with E-state index in [0.29, 0.717) is 11.3 Å². The number of methoxy groups -OCH3 is 1. The third-order valence-corrected chi connectivity index (χ3v) is 1.87. The van der Waals surface area contributed by atoms with Gasteiger partial charge in [0, 0.05) is 5.56 Å². The van der Waals surface area contributed by atoms with Crippen molar-refractivity contribution in [1.82, 2.24) is 0 Å². The largest absolute Gasteiger partial charge is 0.496 e. The van der Waals surface area contributed by atoms with E-state index in [0.717, 1.165) is 0 Å². The lowest BCUT2D eigenvalue weighted by atomic mass is 10.1. The van der Waals surface area contributed by atoms with Crippen LogP contribution in [0.1, 0.15) is 27.6 Å². The molecular formula is C10H11NO3. The lowest BCUT2D eigenvalue weighted by Crippen LogP contribution is -2.12. The van der Waals surface area contributed by atoms with E-state index in [1.165, 1.54) is 26.2 Å². The molecule has 4 heteroatoms. The van der Waals surface area contributed by atoms with E-state index in [4.69, 9.17) is 10.5 Å². The number of amides is 1. The van der Waals surface area contributed by atoms with E-state index in [1.54, 1.807) is 6.07 Å². The van der Waals surface area contributed by atoms with Crippen LogP contribution in [-0.4, -0.2) is 18.8 Å². The number of carbonyl (C=O) groups is 2. The van der Waals surface area contributed by atoms with E-state index in [1.807, 2.05) is 0 Å². The number of primary amides is 1.